The molecule has 0 bridgehead atoms. The molecule has 0 aliphatic rings. The van der Waals surface area contributed by atoms with Gasteiger partial charge in [0.1, 0.15) is 5.78 Å². The van der Waals surface area contributed by atoms with Crippen LogP contribution in [0.4, 0.5) is 0 Å². The molecule has 0 aliphatic carbocycles. The van der Waals surface area contributed by atoms with E-state index in [0.29, 0.717) is 17.8 Å². The van der Waals surface area contributed by atoms with Gasteiger partial charge in [0.2, 0.25) is 5.91 Å². The zero-order chi connectivity index (χ0) is 22.0. The van der Waals surface area contributed by atoms with E-state index < -0.39 is 0 Å². The monoisotopic (exact) mass is 413 g/mol. The van der Waals surface area contributed by atoms with E-state index >= 15 is 0 Å². The van der Waals surface area contributed by atoms with Gasteiger partial charge in [-0.1, -0.05) is 46.8 Å². The average molecular weight is 414 g/mol. The van der Waals surface area contributed by atoms with Crippen molar-refractivity contribution in [3.63, 3.8) is 0 Å². The van der Waals surface area contributed by atoms with Crippen LogP contribution in [0, 0.1) is 19.3 Å². The number of carbonyl (C=O) groups is 2. The van der Waals surface area contributed by atoms with Gasteiger partial charge in [-0.25, -0.2) is 0 Å². The summed E-state index contributed by atoms with van der Waals surface area (Å²) < 4.78 is 0. The lowest BCUT2D eigenvalue weighted by Gasteiger charge is -2.32. The normalized spacial score (nSPS) is 12.2. The highest BCUT2D eigenvalue weighted by Gasteiger charge is 2.33. The summed E-state index contributed by atoms with van der Waals surface area (Å²) in [5, 5.41) is 0. The largest absolute Gasteiger partial charge is 0.366 e. The molecule has 4 heteroatoms. The molecule has 0 radical (unpaired) electrons. The van der Waals surface area contributed by atoms with E-state index in [0.717, 1.165) is 24.8 Å². The van der Waals surface area contributed by atoms with E-state index in [1.807, 2.05) is 45.1 Å². The molecule has 1 amide bonds. The first-order valence-electron chi connectivity index (χ1n) is 10.5. The van der Waals surface area contributed by atoms with Crippen LogP contribution in [0.5, 0.6) is 0 Å². The Morgan fingerprint density at radius 2 is 1.62 bits per heavy atom. The van der Waals surface area contributed by atoms with Crippen molar-refractivity contribution in [2.45, 2.75) is 79.6 Å². The zero-order valence-electron chi connectivity index (χ0n) is 18.9. The summed E-state index contributed by atoms with van der Waals surface area (Å²) in [4.78, 5) is 26.6. The lowest BCUT2D eigenvalue weighted by molar-refractivity contribution is -0.126. The second-order valence-electron chi connectivity index (χ2n) is 9.07. The molecule has 1 heterocycles. The fourth-order valence-electron chi connectivity index (χ4n) is 3.99. The van der Waals surface area contributed by atoms with Crippen molar-refractivity contribution in [2.75, 3.05) is 0 Å². The number of amides is 1. The highest BCUT2D eigenvalue weighted by atomic mass is 32.1. The van der Waals surface area contributed by atoms with Crippen molar-refractivity contribution in [3.05, 3.63) is 56.3 Å². The van der Waals surface area contributed by atoms with Crippen molar-refractivity contribution >= 4 is 23.0 Å². The van der Waals surface area contributed by atoms with E-state index in [2.05, 4.69) is 39.0 Å². The Morgan fingerprint density at radius 1 is 1.00 bits per heavy atom. The number of hydrogen-bond donors (Lipinski definition) is 1. The van der Waals surface area contributed by atoms with E-state index in [1.165, 1.54) is 20.9 Å². The van der Waals surface area contributed by atoms with Crippen molar-refractivity contribution in [3.8, 4) is 0 Å². The summed E-state index contributed by atoms with van der Waals surface area (Å²) in [5.41, 5.74) is 9.11. The van der Waals surface area contributed by atoms with Crippen molar-refractivity contribution in [2.24, 2.45) is 11.1 Å². The summed E-state index contributed by atoms with van der Waals surface area (Å²) in [6.45, 7) is 14.5. The van der Waals surface area contributed by atoms with E-state index in [9.17, 15) is 9.59 Å². The summed E-state index contributed by atoms with van der Waals surface area (Å²) >= 11 is 1.84. The molecule has 2 aromatic rings. The Hall–Kier alpha value is -1.94. The van der Waals surface area contributed by atoms with Gasteiger partial charge in [-0.2, -0.15) is 0 Å². The molecular formula is C25H35NO2S. The first-order valence-corrected chi connectivity index (χ1v) is 11.3. The Balaban J connectivity index is 2.42. The van der Waals surface area contributed by atoms with Crippen LogP contribution in [-0.2, 0) is 16.6 Å². The minimum absolute atomic E-state index is 0.0946. The van der Waals surface area contributed by atoms with Gasteiger partial charge in [0.05, 0.1) is 0 Å². The van der Waals surface area contributed by atoms with Crippen LogP contribution in [-0.4, -0.2) is 11.7 Å². The third kappa shape index (κ3) is 4.80. The number of aryl methyl sites for hydroxylation is 3. The number of primary amides is 1. The van der Waals surface area contributed by atoms with Crippen molar-refractivity contribution in [1.82, 2.24) is 0 Å². The van der Waals surface area contributed by atoms with E-state index in [4.69, 9.17) is 5.73 Å². The molecule has 158 valence electrons. The molecular weight excluding hydrogens is 378 g/mol. The fourth-order valence-corrected chi connectivity index (χ4v) is 5.52. The van der Waals surface area contributed by atoms with Crippen molar-refractivity contribution in [1.29, 1.82) is 0 Å². The molecule has 0 atom stereocenters. The van der Waals surface area contributed by atoms with Crippen LogP contribution in [0.1, 0.15) is 90.7 Å². The number of nitrogens with two attached hydrogens (primary N) is 1. The second kappa shape index (κ2) is 8.83. The summed E-state index contributed by atoms with van der Waals surface area (Å²) in [5.74, 6) is -0.0767. The highest BCUT2D eigenvalue weighted by Crippen LogP contribution is 2.44. The quantitative estimate of drug-likeness (QED) is 0.567. The number of ketones is 1. The average Bonchev–Trinajstić information content (AvgIpc) is 3.01. The number of carbonyl (C=O) groups excluding carboxylic acids is 2. The van der Waals surface area contributed by atoms with Gasteiger partial charge in [-0.05, 0) is 61.9 Å². The predicted molar refractivity (Wildman–Crippen MR) is 123 cm³/mol. The Bertz CT molecular complexity index is 898. The third-order valence-electron chi connectivity index (χ3n) is 6.16. The molecule has 0 fully saturated rings. The maximum absolute atomic E-state index is 12.4. The lowest BCUT2D eigenvalue weighted by atomic mass is 9.74. The van der Waals surface area contributed by atoms with Crippen LogP contribution in [0.15, 0.2) is 24.3 Å². The second-order valence-corrected chi connectivity index (χ2v) is 10.2. The molecule has 0 saturated carbocycles. The minimum atomic E-state index is -0.384. The predicted octanol–water partition coefficient (Wildman–Crippen LogP) is 6.12. The van der Waals surface area contributed by atoms with Crippen LogP contribution in [0.2, 0.25) is 0 Å². The van der Waals surface area contributed by atoms with Crippen LogP contribution >= 0.6 is 11.3 Å². The fraction of sp³-hybridized carbons (Fsp3) is 0.520. The van der Waals surface area contributed by atoms with Gasteiger partial charge in [0, 0.05) is 32.6 Å². The SMILES string of the molecule is CCC(CC)(c1ccc(C(N)=O)c(C)c1)c1cc(C)c(CCC(=O)C(C)(C)C)s1. The molecule has 0 saturated heterocycles. The highest BCUT2D eigenvalue weighted by molar-refractivity contribution is 7.12. The molecule has 0 aliphatic heterocycles. The molecule has 29 heavy (non-hydrogen) atoms. The van der Waals surface area contributed by atoms with Gasteiger partial charge >= 0.3 is 0 Å². The first kappa shape index (κ1) is 23.3. The molecule has 0 unspecified atom stereocenters. The standard InChI is InChI=1S/C25H35NO2S/c1-8-25(9-2,18-10-11-19(23(26)28)16(3)14-18)22-15-17(4)20(29-22)12-13-21(27)24(5,6)7/h10-11,14-15H,8-9,12-13H2,1-7H3,(H2,26,28). The van der Waals surface area contributed by atoms with Crippen molar-refractivity contribution < 1.29 is 9.59 Å². The summed E-state index contributed by atoms with van der Waals surface area (Å²) in [7, 11) is 0. The van der Waals surface area contributed by atoms with Crippen LogP contribution in [0.3, 0.4) is 0 Å². The van der Waals surface area contributed by atoms with Gasteiger partial charge in [-0.3, -0.25) is 9.59 Å². The molecule has 0 spiro atoms. The van der Waals surface area contributed by atoms with E-state index in [-0.39, 0.29) is 16.7 Å². The van der Waals surface area contributed by atoms with Gasteiger partial charge in [0.25, 0.3) is 0 Å². The number of Topliss-reactive ketones (excluding diaryl/α,β-unsaturated/α-hetero) is 1. The Labute approximate surface area is 179 Å². The topological polar surface area (TPSA) is 60.2 Å². The summed E-state index contributed by atoms with van der Waals surface area (Å²) in [6.07, 6.45) is 3.33. The zero-order valence-corrected chi connectivity index (χ0v) is 19.8. The summed E-state index contributed by atoms with van der Waals surface area (Å²) in [6, 6.07) is 8.32. The molecule has 1 aromatic carbocycles. The Morgan fingerprint density at radius 3 is 2.10 bits per heavy atom. The van der Waals surface area contributed by atoms with E-state index in [1.54, 1.807) is 0 Å². The van der Waals surface area contributed by atoms with Gasteiger partial charge < -0.3 is 5.73 Å². The van der Waals surface area contributed by atoms with Gasteiger partial charge in [-0.15, -0.1) is 11.3 Å². The van der Waals surface area contributed by atoms with Crippen LogP contribution < -0.4 is 5.73 Å². The number of rotatable bonds is 8. The molecule has 1 aromatic heterocycles. The number of benzene rings is 1. The molecule has 3 nitrogen and oxygen atoms in total. The lowest BCUT2D eigenvalue weighted by Crippen LogP contribution is -2.25. The number of thiophene rings is 1. The maximum atomic E-state index is 12.4. The first-order chi connectivity index (χ1) is 13.5. The maximum Gasteiger partial charge on any atom is 0.248 e. The molecule has 2 N–H and O–H groups in total. The Kier molecular flexibility index (Phi) is 7.10. The smallest absolute Gasteiger partial charge is 0.248 e. The minimum Gasteiger partial charge on any atom is -0.366 e. The molecule has 2 rings (SSSR count). The van der Waals surface area contributed by atoms with Gasteiger partial charge in [0.15, 0.2) is 0 Å². The number of hydrogen-bond acceptors (Lipinski definition) is 3. The third-order valence-corrected chi connectivity index (χ3v) is 7.66. The van der Waals surface area contributed by atoms with Crippen LogP contribution in [0.25, 0.3) is 0 Å².